The molecule has 0 amide bonds. The molecular weight excluding hydrogens is 178 g/mol. The lowest BCUT2D eigenvalue weighted by atomic mass is 10.1. The number of thiazole rings is 1. The zero-order valence-corrected chi connectivity index (χ0v) is 9.49. The van der Waals surface area contributed by atoms with E-state index in [4.69, 9.17) is 0 Å². The Labute approximate surface area is 85.2 Å². The summed E-state index contributed by atoms with van der Waals surface area (Å²) < 4.78 is 0. The van der Waals surface area contributed by atoms with Crippen molar-refractivity contribution >= 4 is 11.3 Å². The van der Waals surface area contributed by atoms with Crippen molar-refractivity contribution in [1.82, 2.24) is 4.98 Å². The molecule has 74 valence electrons. The minimum Gasteiger partial charge on any atom is -0.247 e. The highest BCUT2D eigenvalue weighted by Gasteiger charge is 1.97. The molecule has 0 aliphatic heterocycles. The van der Waals surface area contributed by atoms with Gasteiger partial charge in [-0.2, -0.15) is 0 Å². The Morgan fingerprint density at radius 3 is 2.62 bits per heavy atom. The molecular formula is C11H19NS. The van der Waals surface area contributed by atoms with E-state index in [1.54, 1.807) is 11.3 Å². The third-order valence-electron chi connectivity index (χ3n) is 2.16. The zero-order chi connectivity index (χ0) is 9.52. The molecule has 1 heterocycles. The summed E-state index contributed by atoms with van der Waals surface area (Å²) in [5.74, 6) is 0. The number of unbranched alkanes of at least 4 members (excludes halogenated alkanes) is 4. The van der Waals surface area contributed by atoms with E-state index in [0.717, 1.165) is 0 Å². The second-order valence-corrected chi connectivity index (χ2v) is 4.49. The van der Waals surface area contributed by atoms with Gasteiger partial charge in [-0.25, -0.2) is 4.98 Å². The first kappa shape index (κ1) is 10.7. The van der Waals surface area contributed by atoms with Gasteiger partial charge in [-0.3, -0.25) is 0 Å². The predicted octanol–water partition coefficient (Wildman–Crippen LogP) is 3.96. The summed E-state index contributed by atoms with van der Waals surface area (Å²) in [7, 11) is 0. The van der Waals surface area contributed by atoms with Crippen LogP contribution in [0, 0.1) is 6.92 Å². The number of aryl methyl sites for hydroxylation is 2. The minimum absolute atomic E-state index is 1.17. The van der Waals surface area contributed by atoms with Crippen LogP contribution in [0.25, 0.3) is 0 Å². The van der Waals surface area contributed by atoms with Crippen LogP contribution in [0.2, 0.25) is 0 Å². The summed E-state index contributed by atoms with van der Waals surface area (Å²) in [6, 6.07) is 0. The van der Waals surface area contributed by atoms with Gasteiger partial charge in [-0.15, -0.1) is 11.3 Å². The fraction of sp³-hybridized carbons (Fsp3) is 0.727. The molecule has 13 heavy (non-hydrogen) atoms. The van der Waals surface area contributed by atoms with Crippen molar-refractivity contribution in [3.8, 4) is 0 Å². The molecule has 0 spiro atoms. The molecule has 0 aliphatic rings. The van der Waals surface area contributed by atoms with E-state index in [1.807, 2.05) is 0 Å². The Hall–Kier alpha value is -0.370. The van der Waals surface area contributed by atoms with Crippen molar-refractivity contribution in [3.63, 3.8) is 0 Å². The van der Waals surface area contributed by atoms with Gasteiger partial charge in [-0.1, -0.05) is 32.6 Å². The first-order valence-corrected chi connectivity index (χ1v) is 6.12. The fourth-order valence-corrected chi connectivity index (χ4v) is 2.22. The summed E-state index contributed by atoms with van der Waals surface area (Å²) in [5, 5.41) is 3.45. The van der Waals surface area contributed by atoms with Crippen molar-refractivity contribution in [2.75, 3.05) is 0 Å². The molecule has 1 aromatic heterocycles. The molecule has 1 aromatic rings. The van der Waals surface area contributed by atoms with Crippen LogP contribution in [0.4, 0.5) is 0 Å². The van der Waals surface area contributed by atoms with Gasteiger partial charge in [0.1, 0.15) is 0 Å². The molecule has 2 heteroatoms. The quantitative estimate of drug-likeness (QED) is 0.629. The maximum absolute atomic E-state index is 4.45. The summed E-state index contributed by atoms with van der Waals surface area (Å²) in [5.41, 5.74) is 1.17. The molecule has 0 saturated carbocycles. The maximum atomic E-state index is 4.45. The maximum Gasteiger partial charge on any atom is 0.0928 e. The average Bonchev–Trinajstić information content (AvgIpc) is 2.51. The first-order valence-electron chi connectivity index (χ1n) is 5.24. The summed E-state index contributed by atoms with van der Waals surface area (Å²) in [4.78, 5) is 4.45. The van der Waals surface area contributed by atoms with Crippen LogP contribution in [0.15, 0.2) is 5.38 Å². The Bertz CT molecular complexity index is 230. The fourth-order valence-electron chi connectivity index (χ4n) is 1.40. The number of rotatable bonds is 6. The van der Waals surface area contributed by atoms with Gasteiger partial charge in [0.05, 0.1) is 5.01 Å². The highest BCUT2D eigenvalue weighted by Crippen LogP contribution is 2.13. The van der Waals surface area contributed by atoms with Crippen LogP contribution in [-0.2, 0) is 6.42 Å². The van der Waals surface area contributed by atoms with Crippen LogP contribution < -0.4 is 0 Å². The molecule has 1 nitrogen and oxygen atoms in total. The molecule has 0 fully saturated rings. The summed E-state index contributed by atoms with van der Waals surface area (Å²) in [6.07, 6.45) is 7.97. The molecule has 0 aliphatic carbocycles. The Morgan fingerprint density at radius 1 is 1.23 bits per heavy atom. The standard InChI is InChI=1S/C11H19NS/c1-3-4-5-6-7-8-11-12-10(2)9-13-11/h9H,3-8H2,1-2H3. The van der Waals surface area contributed by atoms with E-state index in [1.165, 1.54) is 49.2 Å². The SMILES string of the molecule is CCCCCCCc1nc(C)cs1. The first-order chi connectivity index (χ1) is 6.33. The molecule has 0 radical (unpaired) electrons. The normalized spacial score (nSPS) is 10.6. The molecule has 0 unspecified atom stereocenters. The molecule has 0 aromatic carbocycles. The topological polar surface area (TPSA) is 12.9 Å². The third-order valence-corrected chi connectivity index (χ3v) is 3.19. The minimum atomic E-state index is 1.17. The lowest BCUT2D eigenvalue weighted by molar-refractivity contribution is 0.631. The van der Waals surface area contributed by atoms with Gasteiger partial charge in [-0.05, 0) is 19.8 Å². The number of hydrogen-bond acceptors (Lipinski definition) is 2. The molecule has 0 atom stereocenters. The zero-order valence-electron chi connectivity index (χ0n) is 8.68. The van der Waals surface area contributed by atoms with Gasteiger partial charge in [0.2, 0.25) is 0 Å². The molecule has 0 bridgehead atoms. The van der Waals surface area contributed by atoms with Crippen molar-refractivity contribution in [1.29, 1.82) is 0 Å². The lowest BCUT2D eigenvalue weighted by Gasteiger charge is -1.97. The summed E-state index contributed by atoms with van der Waals surface area (Å²) >= 11 is 1.80. The van der Waals surface area contributed by atoms with Gasteiger partial charge >= 0.3 is 0 Å². The highest BCUT2D eigenvalue weighted by atomic mass is 32.1. The Balaban J connectivity index is 2.06. The van der Waals surface area contributed by atoms with Crippen LogP contribution >= 0.6 is 11.3 Å². The molecule has 0 saturated heterocycles. The average molecular weight is 197 g/mol. The summed E-state index contributed by atoms with van der Waals surface area (Å²) in [6.45, 7) is 4.32. The van der Waals surface area contributed by atoms with Crippen LogP contribution in [-0.4, -0.2) is 4.98 Å². The van der Waals surface area contributed by atoms with Crippen molar-refractivity contribution in [2.24, 2.45) is 0 Å². The second kappa shape index (κ2) is 6.14. The second-order valence-electron chi connectivity index (χ2n) is 3.55. The van der Waals surface area contributed by atoms with Gasteiger partial charge in [0, 0.05) is 11.1 Å². The van der Waals surface area contributed by atoms with E-state index in [0.29, 0.717) is 0 Å². The number of nitrogens with zero attached hydrogens (tertiary/aromatic N) is 1. The van der Waals surface area contributed by atoms with Crippen molar-refractivity contribution in [2.45, 2.75) is 52.4 Å². The van der Waals surface area contributed by atoms with Crippen LogP contribution in [0.3, 0.4) is 0 Å². The van der Waals surface area contributed by atoms with Gasteiger partial charge in [0.25, 0.3) is 0 Å². The lowest BCUT2D eigenvalue weighted by Crippen LogP contribution is -1.85. The van der Waals surface area contributed by atoms with E-state index >= 15 is 0 Å². The molecule has 0 N–H and O–H groups in total. The Kier molecular flexibility index (Phi) is 5.06. The smallest absolute Gasteiger partial charge is 0.0928 e. The highest BCUT2D eigenvalue weighted by molar-refractivity contribution is 7.09. The van der Waals surface area contributed by atoms with Gasteiger partial charge < -0.3 is 0 Å². The largest absolute Gasteiger partial charge is 0.247 e. The van der Waals surface area contributed by atoms with Crippen LogP contribution in [0.1, 0.15) is 49.7 Å². The third kappa shape index (κ3) is 4.41. The van der Waals surface area contributed by atoms with Crippen molar-refractivity contribution in [3.05, 3.63) is 16.1 Å². The van der Waals surface area contributed by atoms with E-state index in [9.17, 15) is 0 Å². The van der Waals surface area contributed by atoms with E-state index in [2.05, 4.69) is 24.2 Å². The van der Waals surface area contributed by atoms with E-state index < -0.39 is 0 Å². The Morgan fingerprint density at radius 2 is 2.00 bits per heavy atom. The van der Waals surface area contributed by atoms with Crippen LogP contribution in [0.5, 0.6) is 0 Å². The van der Waals surface area contributed by atoms with Crippen molar-refractivity contribution < 1.29 is 0 Å². The van der Waals surface area contributed by atoms with E-state index in [-0.39, 0.29) is 0 Å². The van der Waals surface area contributed by atoms with Gasteiger partial charge in [0.15, 0.2) is 0 Å². The number of hydrogen-bond donors (Lipinski definition) is 0. The monoisotopic (exact) mass is 197 g/mol. The number of aromatic nitrogens is 1. The molecule has 1 rings (SSSR count). The predicted molar refractivity (Wildman–Crippen MR) is 59.3 cm³/mol.